The number of nitrogens with zero attached hydrogens (tertiary/aromatic N) is 1. The number of aliphatic hydroxyl groups is 1. The second-order valence-electron chi connectivity index (χ2n) is 12.3. The summed E-state index contributed by atoms with van der Waals surface area (Å²) in [5, 5.41) is 14.0. The van der Waals surface area contributed by atoms with E-state index in [4.69, 9.17) is 11.6 Å². The van der Waals surface area contributed by atoms with Gasteiger partial charge in [-0.15, -0.1) is 11.6 Å². The van der Waals surface area contributed by atoms with Crippen LogP contribution in [0.1, 0.15) is 86.5 Å². The number of halogens is 1. The van der Waals surface area contributed by atoms with E-state index in [-0.39, 0.29) is 23.9 Å². The summed E-state index contributed by atoms with van der Waals surface area (Å²) >= 11 is 6.36. The van der Waals surface area contributed by atoms with Crippen LogP contribution in [0.25, 0.3) is 0 Å². The van der Waals surface area contributed by atoms with Gasteiger partial charge in [-0.3, -0.25) is 0 Å². The molecule has 0 radical (unpaired) electrons. The molecule has 0 bridgehead atoms. The van der Waals surface area contributed by atoms with Gasteiger partial charge in [-0.25, -0.2) is 0 Å². The van der Waals surface area contributed by atoms with Gasteiger partial charge in [0.2, 0.25) is 0 Å². The van der Waals surface area contributed by atoms with Crippen LogP contribution < -0.4 is 5.32 Å². The summed E-state index contributed by atoms with van der Waals surface area (Å²) in [5.74, 6) is 1.81. The van der Waals surface area contributed by atoms with Crippen molar-refractivity contribution in [1.29, 1.82) is 0 Å². The van der Waals surface area contributed by atoms with Gasteiger partial charge in [0.05, 0.1) is 5.76 Å². The van der Waals surface area contributed by atoms with Gasteiger partial charge in [0.1, 0.15) is 0 Å². The minimum atomic E-state index is 0. The topological polar surface area (TPSA) is 130 Å². The predicted octanol–water partition coefficient (Wildman–Crippen LogP) is 5.64. The van der Waals surface area contributed by atoms with Crippen LogP contribution in [0.2, 0.25) is 0 Å². The molecule has 6 nitrogen and oxygen atoms in total. The lowest BCUT2D eigenvalue weighted by Crippen LogP contribution is -2.52. The summed E-state index contributed by atoms with van der Waals surface area (Å²) in [6, 6.07) is 0.497. The zero-order chi connectivity index (χ0) is 25.0. The molecule has 1 heterocycles. The van der Waals surface area contributed by atoms with Gasteiger partial charge in [-0.1, -0.05) is 70.6 Å². The summed E-state index contributed by atoms with van der Waals surface area (Å²) in [4.78, 5) is 2.72. The largest absolute Gasteiger partial charge is 0.512 e. The van der Waals surface area contributed by atoms with Gasteiger partial charge in [-0.05, 0) is 86.0 Å². The second-order valence-corrected chi connectivity index (χ2v) is 12.9. The molecule has 0 spiro atoms. The minimum absolute atomic E-state index is 0. The zero-order valence-corrected chi connectivity index (χ0v) is 24.7. The monoisotopic (exact) mass is 568 g/mol. The maximum absolute atomic E-state index is 9.69. The van der Waals surface area contributed by atoms with Crippen LogP contribution in [-0.2, 0) is 0 Å². The average molecular weight is 569 g/mol. The molecule has 0 saturated carbocycles. The van der Waals surface area contributed by atoms with Crippen LogP contribution in [0.3, 0.4) is 0 Å². The lowest BCUT2D eigenvalue weighted by Gasteiger charge is -2.47. The third-order valence-corrected chi connectivity index (χ3v) is 9.07. The van der Waals surface area contributed by atoms with Crippen molar-refractivity contribution in [2.24, 2.45) is 17.3 Å². The highest BCUT2D eigenvalue weighted by Crippen LogP contribution is 2.43. The molecule has 4 aliphatic rings. The fourth-order valence-corrected chi connectivity index (χ4v) is 6.69. The Morgan fingerprint density at radius 1 is 1.05 bits per heavy atom. The molecule has 8 N–H and O–H groups in total. The molecule has 1 fully saturated rings. The normalized spacial score (nSPS) is 25.6. The van der Waals surface area contributed by atoms with E-state index in [2.05, 4.69) is 62.2 Å². The lowest BCUT2D eigenvalue weighted by atomic mass is 9.68. The molecule has 39 heavy (non-hydrogen) atoms. The Labute approximate surface area is 242 Å². The third-order valence-electron chi connectivity index (χ3n) is 8.68. The first kappa shape index (κ1) is 37.6. The number of nitrogens with one attached hydrogen (secondary N) is 1. The number of alkyl halides is 1. The highest BCUT2D eigenvalue weighted by atomic mass is 35.5. The number of piperidine rings is 1. The van der Waals surface area contributed by atoms with Crippen molar-refractivity contribution in [3.05, 3.63) is 58.4 Å². The van der Waals surface area contributed by atoms with Gasteiger partial charge < -0.3 is 31.8 Å². The van der Waals surface area contributed by atoms with Crippen LogP contribution in [-0.4, -0.2) is 64.0 Å². The molecule has 7 heteroatoms. The van der Waals surface area contributed by atoms with Crippen molar-refractivity contribution in [2.45, 2.75) is 97.9 Å². The van der Waals surface area contributed by atoms with E-state index in [0.29, 0.717) is 34.4 Å². The SMILES string of the molecule is C.CC(C)[C@H](CN1CC[C@H](C2=CCC(Cl)CC2)C(C)(C)C1)NCC1=CC(C2=CC=C(O)CC2)=CCC1.O.O.O. The first-order chi connectivity index (χ1) is 16.7. The summed E-state index contributed by atoms with van der Waals surface area (Å²) in [5.41, 5.74) is 6.22. The van der Waals surface area contributed by atoms with Crippen LogP contribution in [0.5, 0.6) is 0 Å². The maximum atomic E-state index is 9.69. The number of hydrogen-bond donors (Lipinski definition) is 2. The average Bonchev–Trinajstić information content (AvgIpc) is 2.82. The molecular weight excluding hydrogens is 512 g/mol. The molecule has 0 aromatic carbocycles. The molecule has 1 unspecified atom stereocenters. The van der Waals surface area contributed by atoms with Crippen molar-refractivity contribution < 1.29 is 21.5 Å². The lowest BCUT2D eigenvalue weighted by molar-refractivity contribution is 0.0602. The van der Waals surface area contributed by atoms with Crippen molar-refractivity contribution in [2.75, 3.05) is 26.2 Å². The highest BCUT2D eigenvalue weighted by molar-refractivity contribution is 6.20. The number of likely N-dealkylation sites (tertiary alicyclic amines) is 1. The molecule has 1 aliphatic heterocycles. The summed E-state index contributed by atoms with van der Waals surface area (Å²) in [7, 11) is 0. The van der Waals surface area contributed by atoms with E-state index >= 15 is 0 Å². The third kappa shape index (κ3) is 10.2. The van der Waals surface area contributed by atoms with Crippen molar-refractivity contribution >= 4 is 11.6 Å². The summed E-state index contributed by atoms with van der Waals surface area (Å²) in [6.07, 6.45) is 19.8. The van der Waals surface area contributed by atoms with Gasteiger partial charge >= 0.3 is 0 Å². The highest BCUT2D eigenvalue weighted by Gasteiger charge is 2.38. The number of rotatable bonds is 8. The fourth-order valence-electron chi connectivity index (χ4n) is 6.50. The van der Waals surface area contributed by atoms with Crippen LogP contribution >= 0.6 is 11.6 Å². The fraction of sp³-hybridized carbons (Fsp3) is 0.688. The van der Waals surface area contributed by atoms with Crippen LogP contribution in [0.4, 0.5) is 0 Å². The minimum Gasteiger partial charge on any atom is -0.512 e. The standard InChI is InChI=1S/C31H47ClN2O.CH4.3H2O/c1-22(2)30(33-19-23-6-5-7-26(18-23)24-10-14-28(35)15-11-24)20-34-17-16-29(31(3,4)21-34)25-8-12-27(32)13-9-25;;;;/h7-8,10,14,18,22,27,29-30,33,35H,5-6,9,11-13,15-17,19-21H2,1-4H3;1H4;3*1H2/t27?,29-,30+;;;;/m1..../s1. The van der Waals surface area contributed by atoms with E-state index in [1.807, 2.05) is 6.08 Å². The number of allylic oxidation sites excluding steroid dienone is 9. The summed E-state index contributed by atoms with van der Waals surface area (Å²) in [6.45, 7) is 14.1. The Balaban J connectivity index is 0.00000361. The molecule has 3 aliphatic carbocycles. The first-order valence-electron chi connectivity index (χ1n) is 14.0. The Morgan fingerprint density at radius 3 is 2.38 bits per heavy atom. The summed E-state index contributed by atoms with van der Waals surface area (Å²) < 4.78 is 0. The van der Waals surface area contributed by atoms with Gasteiger partial charge in [0.25, 0.3) is 0 Å². The van der Waals surface area contributed by atoms with Crippen LogP contribution in [0, 0.1) is 17.3 Å². The van der Waals surface area contributed by atoms with E-state index in [1.165, 1.54) is 42.7 Å². The van der Waals surface area contributed by atoms with E-state index in [9.17, 15) is 5.11 Å². The van der Waals surface area contributed by atoms with Crippen LogP contribution in [0.15, 0.2) is 58.4 Å². The Morgan fingerprint density at radius 2 is 1.79 bits per heavy atom. The zero-order valence-electron chi connectivity index (χ0n) is 24.0. The number of hydrogen-bond acceptors (Lipinski definition) is 3. The molecule has 0 amide bonds. The Kier molecular flexibility index (Phi) is 16.2. The molecule has 0 aromatic heterocycles. The van der Waals surface area contributed by atoms with Crippen molar-refractivity contribution in [1.82, 2.24) is 10.2 Å². The van der Waals surface area contributed by atoms with E-state index in [1.54, 1.807) is 5.57 Å². The number of aliphatic hydroxyl groups excluding tert-OH is 1. The molecule has 1 saturated heterocycles. The predicted molar refractivity (Wildman–Crippen MR) is 168 cm³/mol. The molecule has 0 aromatic rings. The molecule has 3 atom stereocenters. The molecule has 4 rings (SSSR count). The first-order valence-corrected chi connectivity index (χ1v) is 14.4. The Hall–Kier alpha value is -1.41. The second kappa shape index (κ2) is 16.8. The molecule has 226 valence electrons. The van der Waals surface area contributed by atoms with Crippen molar-refractivity contribution in [3.8, 4) is 0 Å². The molecular formula is C32H57ClN2O4. The smallest absolute Gasteiger partial charge is 0.0926 e. The van der Waals surface area contributed by atoms with E-state index < -0.39 is 0 Å². The van der Waals surface area contributed by atoms with E-state index in [0.717, 1.165) is 51.6 Å². The van der Waals surface area contributed by atoms with Gasteiger partial charge in [0.15, 0.2) is 0 Å². The van der Waals surface area contributed by atoms with Crippen molar-refractivity contribution in [3.63, 3.8) is 0 Å². The van der Waals surface area contributed by atoms with Gasteiger partial charge in [-0.2, -0.15) is 0 Å². The maximum Gasteiger partial charge on any atom is 0.0926 e. The van der Waals surface area contributed by atoms with Gasteiger partial charge in [0, 0.05) is 37.5 Å². The Bertz CT molecular complexity index is 919. The quantitative estimate of drug-likeness (QED) is 0.290.